The number of aliphatic hydroxyl groups is 1. The van der Waals surface area contributed by atoms with E-state index < -0.39 is 6.10 Å². The lowest BCUT2D eigenvalue weighted by Crippen LogP contribution is -2.06. The number of pyridine rings is 1. The summed E-state index contributed by atoms with van der Waals surface area (Å²) in [6, 6.07) is 2.01. The molecule has 0 aromatic carbocycles. The highest BCUT2D eigenvalue weighted by molar-refractivity contribution is 14.1. The van der Waals surface area contributed by atoms with E-state index in [1.807, 2.05) is 25.3 Å². The van der Waals surface area contributed by atoms with Crippen molar-refractivity contribution in [1.82, 2.24) is 4.98 Å². The fraction of sp³-hybridized carbons (Fsp3) is 0.357. The van der Waals surface area contributed by atoms with E-state index in [1.54, 1.807) is 24.6 Å². The SMILES string of the molecule is COc1c(C)cnc(CC(O)c2csc(I)c2)c1C. The van der Waals surface area contributed by atoms with Crippen molar-refractivity contribution in [2.75, 3.05) is 7.11 Å². The quantitative estimate of drug-likeness (QED) is 0.812. The number of nitrogens with zero attached hydrogens (tertiary/aromatic N) is 1. The van der Waals surface area contributed by atoms with Crippen molar-refractivity contribution in [2.45, 2.75) is 26.4 Å². The first-order valence-electron chi connectivity index (χ1n) is 5.94. The molecule has 0 aliphatic carbocycles. The number of aliphatic hydroxyl groups excluding tert-OH is 1. The van der Waals surface area contributed by atoms with E-state index in [0.717, 1.165) is 28.1 Å². The molecule has 1 unspecified atom stereocenters. The van der Waals surface area contributed by atoms with E-state index in [-0.39, 0.29) is 0 Å². The first-order valence-corrected chi connectivity index (χ1v) is 7.89. The lowest BCUT2D eigenvalue weighted by atomic mass is 10.0. The van der Waals surface area contributed by atoms with Crippen LogP contribution in [0.4, 0.5) is 0 Å². The smallest absolute Gasteiger partial charge is 0.128 e. The third-order valence-electron chi connectivity index (χ3n) is 3.11. The molecule has 0 bridgehead atoms. The van der Waals surface area contributed by atoms with Gasteiger partial charge in [0.15, 0.2) is 0 Å². The zero-order valence-corrected chi connectivity index (χ0v) is 14.1. The molecule has 19 heavy (non-hydrogen) atoms. The molecular formula is C14H16INO2S. The average molecular weight is 389 g/mol. The number of ether oxygens (including phenoxy) is 1. The number of methoxy groups -OCH3 is 1. The molecule has 2 aromatic rings. The second-order valence-corrected chi connectivity index (χ2v) is 7.26. The molecule has 2 rings (SSSR count). The lowest BCUT2D eigenvalue weighted by molar-refractivity contribution is 0.177. The first-order chi connectivity index (χ1) is 9.02. The van der Waals surface area contributed by atoms with Gasteiger partial charge in [-0.3, -0.25) is 4.98 Å². The maximum atomic E-state index is 10.3. The van der Waals surface area contributed by atoms with Gasteiger partial charge in [-0.15, -0.1) is 11.3 Å². The summed E-state index contributed by atoms with van der Waals surface area (Å²) in [5, 5.41) is 12.3. The van der Waals surface area contributed by atoms with Gasteiger partial charge in [-0.25, -0.2) is 0 Å². The highest BCUT2D eigenvalue weighted by Gasteiger charge is 2.15. The number of hydrogen-bond donors (Lipinski definition) is 1. The van der Waals surface area contributed by atoms with Crippen LogP contribution in [0.25, 0.3) is 0 Å². The van der Waals surface area contributed by atoms with E-state index >= 15 is 0 Å². The second kappa shape index (κ2) is 6.19. The molecule has 2 aromatic heterocycles. The molecule has 0 saturated carbocycles. The highest BCUT2D eigenvalue weighted by Crippen LogP contribution is 2.29. The Hall–Kier alpha value is -0.660. The van der Waals surface area contributed by atoms with Crippen molar-refractivity contribution >= 4 is 33.9 Å². The van der Waals surface area contributed by atoms with Crippen LogP contribution in [0.3, 0.4) is 0 Å². The van der Waals surface area contributed by atoms with Crippen molar-refractivity contribution in [3.63, 3.8) is 0 Å². The monoisotopic (exact) mass is 389 g/mol. The van der Waals surface area contributed by atoms with Gasteiger partial charge < -0.3 is 9.84 Å². The summed E-state index contributed by atoms with van der Waals surface area (Å²) in [6.07, 6.45) is 1.79. The van der Waals surface area contributed by atoms with E-state index in [4.69, 9.17) is 4.74 Å². The average Bonchev–Trinajstić information content (AvgIpc) is 2.80. The predicted octanol–water partition coefficient (Wildman–Crippen LogP) is 3.65. The maximum Gasteiger partial charge on any atom is 0.128 e. The van der Waals surface area contributed by atoms with Crippen LogP contribution in [0, 0.1) is 16.7 Å². The fourth-order valence-electron chi connectivity index (χ4n) is 2.08. The molecule has 1 N–H and O–H groups in total. The number of rotatable bonds is 4. The van der Waals surface area contributed by atoms with E-state index in [9.17, 15) is 5.11 Å². The van der Waals surface area contributed by atoms with Gasteiger partial charge in [-0.2, -0.15) is 0 Å². The molecule has 0 aliphatic rings. The summed E-state index contributed by atoms with van der Waals surface area (Å²) in [5.74, 6) is 0.858. The molecule has 0 fully saturated rings. The number of aromatic nitrogens is 1. The molecule has 2 heterocycles. The Kier molecular flexibility index (Phi) is 4.81. The van der Waals surface area contributed by atoms with Gasteiger partial charge in [0.1, 0.15) is 5.75 Å². The van der Waals surface area contributed by atoms with Crippen LogP contribution >= 0.6 is 33.9 Å². The van der Waals surface area contributed by atoms with Crippen molar-refractivity contribution in [3.05, 3.63) is 42.9 Å². The predicted molar refractivity (Wildman–Crippen MR) is 86.0 cm³/mol. The summed E-state index contributed by atoms with van der Waals surface area (Å²) in [4.78, 5) is 4.42. The van der Waals surface area contributed by atoms with E-state index in [2.05, 4.69) is 27.6 Å². The Labute approximate surface area is 130 Å². The lowest BCUT2D eigenvalue weighted by Gasteiger charge is -2.14. The highest BCUT2D eigenvalue weighted by atomic mass is 127. The molecule has 0 aliphatic heterocycles. The van der Waals surface area contributed by atoms with Crippen molar-refractivity contribution in [1.29, 1.82) is 0 Å². The molecule has 0 amide bonds. The molecule has 102 valence electrons. The summed E-state index contributed by atoms with van der Waals surface area (Å²) in [6.45, 7) is 3.96. The Bertz CT molecular complexity index is 583. The standard InChI is InChI=1S/C14H16INO2S/c1-8-6-16-11(9(2)14(8)18-3)5-12(17)10-4-13(15)19-7-10/h4,6-7,12,17H,5H2,1-3H3. The van der Waals surface area contributed by atoms with Gasteiger partial charge in [0.2, 0.25) is 0 Å². The summed E-state index contributed by atoms with van der Waals surface area (Å²) in [7, 11) is 1.66. The van der Waals surface area contributed by atoms with Gasteiger partial charge in [-0.05, 0) is 53.4 Å². The third kappa shape index (κ3) is 3.27. The van der Waals surface area contributed by atoms with Gasteiger partial charge in [0, 0.05) is 29.4 Å². The maximum absolute atomic E-state index is 10.3. The van der Waals surface area contributed by atoms with Gasteiger partial charge >= 0.3 is 0 Å². The van der Waals surface area contributed by atoms with E-state index in [1.165, 1.54) is 2.88 Å². The molecule has 1 atom stereocenters. The van der Waals surface area contributed by atoms with Crippen molar-refractivity contribution in [3.8, 4) is 5.75 Å². The van der Waals surface area contributed by atoms with Gasteiger partial charge in [0.25, 0.3) is 0 Å². The fourth-order valence-corrected chi connectivity index (χ4v) is 3.49. The zero-order chi connectivity index (χ0) is 14.0. The van der Waals surface area contributed by atoms with Crippen LogP contribution < -0.4 is 4.74 Å². The Morgan fingerprint density at radius 3 is 2.79 bits per heavy atom. The molecule has 3 nitrogen and oxygen atoms in total. The van der Waals surface area contributed by atoms with Crippen molar-refractivity contribution in [2.24, 2.45) is 0 Å². The normalized spacial score (nSPS) is 12.5. The van der Waals surface area contributed by atoms with Crippen LogP contribution in [0.2, 0.25) is 0 Å². The minimum atomic E-state index is -0.515. The van der Waals surface area contributed by atoms with Crippen LogP contribution in [0.1, 0.15) is 28.5 Å². The van der Waals surface area contributed by atoms with Crippen LogP contribution in [-0.4, -0.2) is 17.2 Å². The van der Waals surface area contributed by atoms with Crippen LogP contribution in [0.15, 0.2) is 17.6 Å². The number of halogens is 1. The summed E-state index contributed by atoms with van der Waals surface area (Å²) >= 11 is 3.90. The molecule has 5 heteroatoms. The Morgan fingerprint density at radius 1 is 1.47 bits per heavy atom. The zero-order valence-electron chi connectivity index (χ0n) is 11.1. The molecule has 0 spiro atoms. The van der Waals surface area contributed by atoms with Gasteiger partial charge in [0.05, 0.1) is 16.1 Å². The minimum absolute atomic E-state index is 0.509. The number of thiophene rings is 1. The first kappa shape index (κ1) is 14.7. The van der Waals surface area contributed by atoms with Crippen molar-refractivity contribution < 1.29 is 9.84 Å². The number of aryl methyl sites for hydroxylation is 1. The van der Waals surface area contributed by atoms with Crippen LogP contribution in [0.5, 0.6) is 5.75 Å². The summed E-state index contributed by atoms with van der Waals surface area (Å²) < 4.78 is 6.57. The second-order valence-electron chi connectivity index (χ2n) is 4.45. The van der Waals surface area contributed by atoms with Gasteiger partial charge in [-0.1, -0.05) is 0 Å². The summed E-state index contributed by atoms with van der Waals surface area (Å²) in [5.41, 5.74) is 3.86. The largest absolute Gasteiger partial charge is 0.496 e. The van der Waals surface area contributed by atoms with E-state index in [0.29, 0.717) is 6.42 Å². The third-order valence-corrected chi connectivity index (χ3v) is 4.92. The number of hydrogen-bond acceptors (Lipinski definition) is 4. The Balaban J connectivity index is 2.24. The van der Waals surface area contributed by atoms with Crippen LogP contribution in [-0.2, 0) is 6.42 Å². The minimum Gasteiger partial charge on any atom is -0.496 e. The molecular weight excluding hydrogens is 373 g/mol. The topological polar surface area (TPSA) is 42.4 Å². The molecule has 0 radical (unpaired) electrons. The molecule has 0 saturated heterocycles. The Morgan fingerprint density at radius 2 is 2.21 bits per heavy atom.